The number of halogens is 2. The molecule has 5 heteroatoms. The fraction of sp³-hybridized carbons (Fsp3) is 0.462. The minimum absolute atomic E-state index is 0.0998. The number of ether oxygens (including phenoxy) is 1. The number of rotatable bonds is 5. The second-order valence-corrected chi connectivity index (χ2v) is 4.73. The molecular weight excluding hydrogens is 257 g/mol. The van der Waals surface area contributed by atoms with E-state index in [1.807, 2.05) is 18.7 Å². The summed E-state index contributed by atoms with van der Waals surface area (Å²) in [6.07, 6.45) is 0. The molecule has 1 aromatic rings. The van der Waals surface area contributed by atoms with E-state index in [1.54, 1.807) is 6.07 Å². The largest absolute Gasteiger partial charge is 0.468 e. The Morgan fingerprint density at radius 2 is 2.17 bits per heavy atom. The molecule has 0 spiro atoms. The highest BCUT2D eigenvalue weighted by Gasteiger charge is 2.15. The van der Waals surface area contributed by atoms with Crippen LogP contribution in [-0.4, -0.2) is 30.6 Å². The summed E-state index contributed by atoms with van der Waals surface area (Å²) in [7, 11) is 1.35. The minimum atomic E-state index is -0.448. The van der Waals surface area contributed by atoms with Crippen LogP contribution in [-0.2, 0) is 16.1 Å². The van der Waals surface area contributed by atoms with Gasteiger partial charge in [-0.3, -0.25) is 9.69 Å². The second kappa shape index (κ2) is 6.71. The lowest BCUT2D eigenvalue weighted by Gasteiger charge is -2.25. The molecule has 18 heavy (non-hydrogen) atoms. The van der Waals surface area contributed by atoms with Crippen LogP contribution in [0.25, 0.3) is 0 Å². The Kier molecular flexibility index (Phi) is 5.56. The molecule has 1 rings (SSSR count). The maximum absolute atomic E-state index is 13.3. The van der Waals surface area contributed by atoms with Gasteiger partial charge in [0.2, 0.25) is 0 Å². The molecule has 1 aromatic carbocycles. The van der Waals surface area contributed by atoms with Gasteiger partial charge < -0.3 is 4.74 Å². The summed E-state index contributed by atoms with van der Waals surface area (Å²) in [5.74, 6) is -0.755. The van der Waals surface area contributed by atoms with Crippen molar-refractivity contribution >= 4 is 17.6 Å². The molecule has 0 saturated carbocycles. The molecule has 0 radical (unpaired) electrons. The van der Waals surface area contributed by atoms with Crippen LogP contribution in [0.2, 0.25) is 5.02 Å². The summed E-state index contributed by atoms with van der Waals surface area (Å²) >= 11 is 5.62. The molecule has 0 amide bonds. The van der Waals surface area contributed by atoms with E-state index >= 15 is 0 Å². The Bertz CT molecular complexity index is 423. The topological polar surface area (TPSA) is 29.5 Å². The molecule has 0 heterocycles. The van der Waals surface area contributed by atoms with Gasteiger partial charge in [0.05, 0.1) is 18.7 Å². The smallest absolute Gasteiger partial charge is 0.319 e. The quantitative estimate of drug-likeness (QED) is 0.773. The van der Waals surface area contributed by atoms with Crippen LogP contribution >= 0.6 is 11.6 Å². The molecule has 0 fully saturated rings. The van der Waals surface area contributed by atoms with Gasteiger partial charge in [0.15, 0.2) is 0 Å². The van der Waals surface area contributed by atoms with E-state index in [1.165, 1.54) is 19.2 Å². The SMILES string of the molecule is COC(=O)CN(Cc1ccc(Cl)c(F)c1)C(C)C. The number of carbonyl (C=O) groups excluding carboxylic acids is 1. The minimum Gasteiger partial charge on any atom is -0.468 e. The fourth-order valence-electron chi connectivity index (χ4n) is 1.52. The maximum Gasteiger partial charge on any atom is 0.319 e. The summed E-state index contributed by atoms with van der Waals surface area (Å²) in [4.78, 5) is 13.2. The van der Waals surface area contributed by atoms with Crippen LogP contribution in [0.4, 0.5) is 4.39 Å². The third-order valence-electron chi connectivity index (χ3n) is 2.66. The van der Waals surface area contributed by atoms with E-state index < -0.39 is 5.82 Å². The molecule has 0 aromatic heterocycles. The molecule has 3 nitrogen and oxygen atoms in total. The van der Waals surface area contributed by atoms with Crippen molar-refractivity contribution in [1.82, 2.24) is 4.90 Å². The molecular formula is C13H17ClFNO2. The highest BCUT2D eigenvalue weighted by Crippen LogP contribution is 2.17. The number of hydrogen-bond donors (Lipinski definition) is 0. The number of methoxy groups -OCH3 is 1. The van der Waals surface area contributed by atoms with Crippen molar-refractivity contribution in [3.05, 3.63) is 34.6 Å². The van der Waals surface area contributed by atoms with Gasteiger partial charge in [-0.15, -0.1) is 0 Å². The first-order valence-electron chi connectivity index (χ1n) is 5.68. The molecule has 0 atom stereocenters. The lowest BCUT2D eigenvalue weighted by Crippen LogP contribution is -2.35. The molecule has 0 saturated heterocycles. The molecule has 0 bridgehead atoms. The summed E-state index contributed by atoms with van der Waals surface area (Å²) in [6.45, 7) is 4.59. The standard InChI is InChI=1S/C13H17ClFNO2/c1-9(2)16(8-13(17)18-3)7-10-4-5-11(14)12(15)6-10/h4-6,9H,7-8H2,1-3H3. The van der Waals surface area contributed by atoms with E-state index in [4.69, 9.17) is 11.6 Å². The Hall–Kier alpha value is -1.13. The molecule has 0 aliphatic rings. The average molecular weight is 274 g/mol. The van der Waals surface area contributed by atoms with Gasteiger partial charge in [-0.05, 0) is 31.5 Å². The normalized spacial score (nSPS) is 11.1. The third-order valence-corrected chi connectivity index (χ3v) is 2.97. The Morgan fingerprint density at radius 3 is 2.67 bits per heavy atom. The number of hydrogen-bond acceptors (Lipinski definition) is 3. The first-order valence-corrected chi connectivity index (χ1v) is 6.06. The molecule has 0 N–H and O–H groups in total. The number of carbonyl (C=O) groups is 1. The van der Waals surface area contributed by atoms with E-state index in [0.29, 0.717) is 6.54 Å². The Labute approximate surface area is 111 Å². The summed E-state index contributed by atoms with van der Waals surface area (Å²) in [5.41, 5.74) is 0.773. The van der Waals surface area contributed by atoms with Crippen molar-refractivity contribution in [1.29, 1.82) is 0 Å². The van der Waals surface area contributed by atoms with Crippen LogP contribution in [0.3, 0.4) is 0 Å². The van der Waals surface area contributed by atoms with Gasteiger partial charge in [0.1, 0.15) is 5.82 Å². The van der Waals surface area contributed by atoms with Crippen molar-refractivity contribution in [3.8, 4) is 0 Å². The molecule has 0 unspecified atom stereocenters. The zero-order valence-electron chi connectivity index (χ0n) is 10.7. The van der Waals surface area contributed by atoms with Crippen molar-refractivity contribution in [2.75, 3.05) is 13.7 Å². The highest BCUT2D eigenvalue weighted by molar-refractivity contribution is 6.30. The van der Waals surface area contributed by atoms with E-state index in [0.717, 1.165) is 5.56 Å². The second-order valence-electron chi connectivity index (χ2n) is 4.32. The maximum atomic E-state index is 13.3. The van der Waals surface area contributed by atoms with E-state index in [9.17, 15) is 9.18 Å². The summed E-state index contributed by atoms with van der Waals surface area (Å²) in [5, 5.41) is 0.0998. The average Bonchev–Trinajstić information content (AvgIpc) is 2.32. The van der Waals surface area contributed by atoms with Crippen molar-refractivity contribution in [2.24, 2.45) is 0 Å². The predicted molar refractivity (Wildman–Crippen MR) is 69.0 cm³/mol. The number of benzene rings is 1. The first kappa shape index (κ1) is 14.9. The summed E-state index contributed by atoms with van der Waals surface area (Å²) < 4.78 is 18.0. The first-order chi connectivity index (χ1) is 8.43. The van der Waals surface area contributed by atoms with Crippen LogP contribution in [0.5, 0.6) is 0 Å². The lowest BCUT2D eigenvalue weighted by molar-refractivity contribution is -0.142. The van der Waals surface area contributed by atoms with Gasteiger partial charge in [0, 0.05) is 12.6 Å². The van der Waals surface area contributed by atoms with Gasteiger partial charge in [-0.2, -0.15) is 0 Å². The Morgan fingerprint density at radius 1 is 1.50 bits per heavy atom. The molecule has 0 aliphatic carbocycles. The highest BCUT2D eigenvalue weighted by atomic mass is 35.5. The van der Waals surface area contributed by atoms with Gasteiger partial charge >= 0.3 is 5.97 Å². The summed E-state index contributed by atoms with van der Waals surface area (Å²) in [6, 6.07) is 4.80. The fourth-order valence-corrected chi connectivity index (χ4v) is 1.64. The van der Waals surface area contributed by atoms with Crippen molar-refractivity contribution < 1.29 is 13.9 Å². The van der Waals surface area contributed by atoms with Gasteiger partial charge in [-0.1, -0.05) is 17.7 Å². The van der Waals surface area contributed by atoms with Gasteiger partial charge in [0.25, 0.3) is 0 Å². The zero-order chi connectivity index (χ0) is 13.7. The van der Waals surface area contributed by atoms with E-state index in [2.05, 4.69) is 4.74 Å². The van der Waals surface area contributed by atoms with Crippen LogP contribution in [0.15, 0.2) is 18.2 Å². The van der Waals surface area contributed by atoms with Gasteiger partial charge in [-0.25, -0.2) is 4.39 Å². The Balaban J connectivity index is 2.76. The van der Waals surface area contributed by atoms with Crippen LogP contribution in [0, 0.1) is 5.82 Å². The predicted octanol–water partition coefficient (Wildman–Crippen LogP) is 2.86. The van der Waals surface area contributed by atoms with Crippen LogP contribution in [0.1, 0.15) is 19.4 Å². The van der Waals surface area contributed by atoms with Crippen molar-refractivity contribution in [3.63, 3.8) is 0 Å². The number of nitrogens with zero attached hydrogens (tertiary/aromatic N) is 1. The van der Waals surface area contributed by atoms with E-state index in [-0.39, 0.29) is 23.6 Å². The number of esters is 1. The van der Waals surface area contributed by atoms with Crippen LogP contribution < -0.4 is 0 Å². The monoisotopic (exact) mass is 273 g/mol. The molecule has 100 valence electrons. The van der Waals surface area contributed by atoms with Crippen molar-refractivity contribution in [2.45, 2.75) is 26.4 Å². The molecule has 0 aliphatic heterocycles. The lowest BCUT2D eigenvalue weighted by atomic mass is 10.2. The zero-order valence-corrected chi connectivity index (χ0v) is 11.5. The third kappa shape index (κ3) is 4.27.